The third kappa shape index (κ3) is 3.92. The third-order valence-corrected chi connectivity index (χ3v) is 4.29. The van der Waals surface area contributed by atoms with Crippen molar-refractivity contribution in [1.29, 1.82) is 0 Å². The average molecular weight is 389 g/mol. The molecule has 112 valence electrons. The molecule has 1 atom stereocenters. The smallest absolute Gasteiger partial charge is 0.138 e. The highest BCUT2D eigenvalue weighted by molar-refractivity contribution is 9.10. The second-order valence-corrected chi connectivity index (χ2v) is 6.28. The minimum absolute atomic E-state index is 0.0246. The van der Waals surface area contributed by atoms with Crippen LogP contribution < -0.4 is 10.1 Å². The fourth-order valence-electron chi connectivity index (χ4n) is 2.22. The van der Waals surface area contributed by atoms with E-state index in [4.69, 9.17) is 27.9 Å². The summed E-state index contributed by atoms with van der Waals surface area (Å²) in [6, 6.07) is 11.7. The summed E-state index contributed by atoms with van der Waals surface area (Å²) in [5.74, 6) is 0.579. The number of hydrogen-bond donors (Lipinski definition) is 1. The standard InChI is InChI=1S/C16H16BrCl2NO/c1-3-20-16(10-5-4-6-11(17)7-10)12-8-14(19)15(21-2)9-13(12)18/h4-9,16,20H,3H2,1-2H3. The van der Waals surface area contributed by atoms with Gasteiger partial charge in [-0.15, -0.1) is 0 Å². The van der Waals surface area contributed by atoms with Gasteiger partial charge in [-0.05, 0) is 35.9 Å². The predicted molar refractivity (Wildman–Crippen MR) is 92.7 cm³/mol. The second-order valence-electron chi connectivity index (χ2n) is 4.55. The summed E-state index contributed by atoms with van der Waals surface area (Å²) in [5, 5.41) is 4.62. The normalized spacial score (nSPS) is 12.2. The highest BCUT2D eigenvalue weighted by atomic mass is 79.9. The van der Waals surface area contributed by atoms with E-state index < -0.39 is 0 Å². The molecule has 5 heteroatoms. The first-order chi connectivity index (χ1) is 10.1. The number of halogens is 3. The molecular formula is C16H16BrCl2NO. The first-order valence-corrected chi connectivity index (χ1v) is 8.13. The molecular weight excluding hydrogens is 373 g/mol. The van der Waals surface area contributed by atoms with E-state index >= 15 is 0 Å². The van der Waals surface area contributed by atoms with Crippen molar-refractivity contribution >= 4 is 39.1 Å². The molecule has 1 unspecified atom stereocenters. The van der Waals surface area contributed by atoms with Crippen LogP contribution in [0.3, 0.4) is 0 Å². The Labute approximate surface area is 143 Å². The topological polar surface area (TPSA) is 21.3 Å². The van der Waals surface area contributed by atoms with E-state index in [2.05, 4.69) is 40.3 Å². The molecule has 0 spiro atoms. The summed E-state index contributed by atoms with van der Waals surface area (Å²) < 4.78 is 6.23. The van der Waals surface area contributed by atoms with Crippen LogP contribution in [0.15, 0.2) is 40.9 Å². The fraction of sp³-hybridized carbons (Fsp3) is 0.250. The Hall–Kier alpha value is -0.740. The monoisotopic (exact) mass is 387 g/mol. The van der Waals surface area contributed by atoms with Crippen LogP contribution in [-0.4, -0.2) is 13.7 Å². The van der Waals surface area contributed by atoms with E-state index in [1.165, 1.54) is 0 Å². The lowest BCUT2D eigenvalue weighted by Crippen LogP contribution is -2.22. The SMILES string of the molecule is CCNC(c1cccc(Br)c1)c1cc(Cl)c(OC)cc1Cl. The van der Waals surface area contributed by atoms with Gasteiger partial charge in [0.1, 0.15) is 5.75 Å². The van der Waals surface area contributed by atoms with Gasteiger partial charge in [0.15, 0.2) is 0 Å². The Balaban J connectivity index is 2.50. The molecule has 1 N–H and O–H groups in total. The molecule has 2 aromatic rings. The van der Waals surface area contributed by atoms with Gasteiger partial charge < -0.3 is 10.1 Å². The average Bonchev–Trinajstić information content (AvgIpc) is 2.47. The van der Waals surface area contributed by atoms with Crippen molar-refractivity contribution in [1.82, 2.24) is 5.32 Å². The number of hydrogen-bond acceptors (Lipinski definition) is 2. The quantitative estimate of drug-likeness (QED) is 0.733. The van der Waals surface area contributed by atoms with Gasteiger partial charge in [-0.25, -0.2) is 0 Å². The maximum atomic E-state index is 6.41. The van der Waals surface area contributed by atoms with Crippen LogP contribution in [0, 0.1) is 0 Å². The van der Waals surface area contributed by atoms with Crippen molar-refractivity contribution in [2.75, 3.05) is 13.7 Å². The van der Waals surface area contributed by atoms with E-state index in [0.29, 0.717) is 15.8 Å². The zero-order valence-electron chi connectivity index (χ0n) is 11.8. The Morgan fingerprint density at radius 1 is 1.19 bits per heavy atom. The molecule has 0 aromatic heterocycles. The maximum absolute atomic E-state index is 6.41. The highest BCUT2D eigenvalue weighted by Gasteiger charge is 2.18. The Morgan fingerprint density at radius 3 is 2.57 bits per heavy atom. The van der Waals surface area contributed by atoms with Crippen LogP contribution in [0.2, 0.25) is 10.0 Å². The van der Waals surface area contributed by atoms with Gasteiger partial charge in [0.25, 0.3) is 0 Å². The van der Waals surface area contributed by atoms with Crippen LogP contribution >= 0.6 is 39.1 Å². The molecule has 2 rings (SSSR count). The third-order valence-electron chi connectivity index (χ3n) is 3.17. The van der Waals surface area contributed by atoms with Crippen molar-refractivity contribution in [2.24, 2.45) is 0 Å². The molecule has 0 aliphatic carbocycles. The first-order valence-electron chi connectivity index (χ1n) is 6.58. The van der Waals surface area contributed by atoms with Crippen molar-refractivity contribution in [2.45, 2.75) is 13.0 Å². The Kier molecular flexibility index (Phi) is 5.94. The molecule has 0 saturated carbocycles. The maximum Gasteiger partial charge on any atom is 0.138 e. The van der Waals surface area contributed by atoms with E-state index in [0.717, 1.165) is 22.1 Å². The Morgan fingerprint density at radius 2 is 1.95 bits per heavy atom. The number of nitrogens with one attached hydrogen (secondary N) is 1. The first kappa shape index (κ1) is 16.6. The molecule has 0 saturated heterocycles. The van der Waals surface area contributed by atoms with E-state index in [1.54, 1.807) is 13.2 Å². The lowest BCUT2D eigenvalue weighted by atomic mass is 9.98. The van der Waals surface area contributed by atoms with Crippen LogP contribution in [-0.2, 0) is 0 Å². The van der Waals surface area contributed by atoms with Crippen LogP contribution in [0.5, 0.6) is 5.75 Å². The van der Waals surface area contributed by atoms with Gasteiger partial charge in [-0.3, -0.25) is 0 Å². The summed E-state index contributed by atoms with van der Waals surface area (Å²) >= 11 is 16.2. The zero-order chi connectivity index (χ0) is 15.4. The van der Waals surface area contributed by atoms with Gasteiger partial charge >= 0.3 is 0 Å². The molecule has 0 amide bonds. The lowest BCUT2D eigenvalue weighted by Gasteiger charge is -2.21. The van der Waals surface area contributed by atoms with Crippen molar-refractivity contribution in [3.8, 4) is 5.75 Å². The largest absolute Gasteiger partial charge is 0.495 e. The molecule has 2 aromatic carbocycles. The minimum atomic E-state index is -0.0246. The number of ether oxygens (including phenoxy) is 1. The molecule has 0 aliphatic heterocycles. The number of methoxy groups -OCH3 is 1. The van der Waals surface area contributed by atoms with E-state index in [1.807, 2.05) is 18.2 Å². The van der Waals surface area contributed by atoms with Gasteiger partial charge in [0.2, 0.25) is 0 Å². The summed E-state index contributed by atoms with van der Waals surface area (Å²) in [6.07, 6.45) is 0. The zero-order valence-corrected chi connectivity index (χ0v) is 14.9. The van der Waals surface area contributed by atoms with E-state index in [-0.39, 0.29) is 6.04 Å². The van der Waals surface area contributed by atoms with Gasteiger partial charge in [-0.2, -0.15) is 0 Å². The second kappa shape index (κ2) is 7.50. The van der Waals surface area contributed by atoms with Crippen molar-refractivity contribution in [3.05, 3.63) is 62.0 Å². The van der Waals surface area contributed by atoms with Crippen molar-refractivity contribution < 1.29 is 4.74 Å². The van der Waals surface area contributed by atoms with Crippen LogP contribution in [0.1, 0.15) is 24.1 Å². The minimum Gasteiger partial charge on any atom is -0.495 e. The molecule has 0 heterocycles. The predicted octanol–water partition coefficient (Wildman–Crippen LogP) is 5.46. The molecule has 0 fully saturated rings. The summed E-state index contributed by atoms with van der Waals surface area (Å²) in [5.41, 5.74) is 2.05. The molecule has 21 heavy (non-hydrogen) atoms. The van der Waals surface area contributed by atoms with E-state index in [9.17, 15) is 0 Å². The molecule has 0 bridgehead atoms. The fourth-order valence-corrected chi connectivity index (χ4v) is 3.15. The van der Waals surface area contributed by atoms with Gasteiger partial charge in [0, 0.05) is 15.6 Å². The summed E-state index contributed by atoms with van der Waals surface area (Å²) in [7, 11) is 1.58. The van der Waals surface area contributed by atoms with Gasteiger partial charge in [0.05, 0.1) is 18.2 Å². The number of rotatable bonds is 5. The Bertz CT molecular complexity index is 634. The van der Waals surface area contributed by atoms with Gasteiger partial charge in [-0.1, -0.05) is 58.2 Å². The molecule has 2 nitrogen and oxygen atoms in total. The molecule has 0 aliphatic rings. The van der Waals surface area contributed by atoms with Crippen molar-refractivity contribution in [3.63, 3.8) is 0 Å². The number of benzene rings is 2. The molecule has 0 radical (unpaired) electrons. The summed E-state index contributed by atoms with van der Waals surface area (Å²) in [4.78, 5) is 0. The summed E-state index contributed by atoms with van der Waals surface area (Å²) in [6.45, 7) is 2.88. The van der Waals surface area contributed by atoms with Crippen LogP contribution in [0.4, 0.5) is 0 Å². The van der Waals surface area contributed by atoms with Crippen LogP contribution in [0.25, 0.3) is 0 Å². The highest BCUT2D eigenvalue weighted by Crippen LogP contribution is 2.36. The lowest BCUT2D eigenvalue weighted by molar-refractivity contribution is 0.414.